The number of nitrogens with one attached hydrogen (secondary N) is 1. The van der Waals surface area contributed by atoms with Crippen LogP contribution < -0.4 is 5.32 Å². The topological polar surface area (TPSA) is 102 Å². The largest absolute Gasteiger partial charge is 0.444 e. The number of nitro groups is 1. The highest BCUT2D eigenvalue weighted by molar-refractivity contribution is 5.77. The van der Waals surface area contributed by atoms with E-state index in [0.29, 0.717) is 0 Å². The molecule has 3 atom stereocenters. The first-order valence-corrected chi connectivity index (χ1v) is 9.21. The van der Waals surface area contributed by atoms with E-state index < -0.39 is 46.3 Å². The van der Waals surface area contributed by atoms with Gasteiger partial charge < -0.3 is 10.1 Å². The summed E-state index contributed by atoms with van der Waals surface area (Å²) < 4.78 is 32.4. The van der Waals surface area contributed by atoms with Crippen LogP contribution in [0, 0.1) is 21.7 Å². The molecule has 2 rings (SSSR count). The van der Waals surface area contributed by atoms with Gasteiger partial charge in [-0.1, -0.05) is 6.07 Å². The molecule has 1 aromatic rings. The standard InChI is InChI=1S/C19H25F2N3O5/c1-19(2,3)29-18(26)23-10-16(24(27)28)13(8-12(23)9-17(25)22-4)11-5-6-14(20)15(21)7-11/h5-7,12-13,16H,8-10H2,1-4H3,(H,22,25). The maximum absolute atomic E-state index is 13.7. The third-order valence-corrected chi connectivity index (χ3v) is 4.79. The zero-order valence-electron chi connectivity index (χ0n) is 16.8. The van der Waals surface area contributed by atoms with Crippen molar-refractivity contribution in [1.82, 2.24) is 10.2 Å². The summed E-state index contributed by atoms with van der Waals surface area (Å²) in [5.41, 5.74) is -0.577. The second-order valence-electron chi connectivity index (χ2n) is 8.03. The Morgan fingerprint density at radius 2 is 1.97 bits per heavy atom. The van der Waals surface area contributed by atoms with Crippen molar-refractivity contribution in [3.8, 4) is 0 Å². The highest BCUT2D eigenvalue weighted by Gasteiger charge is 2.46. The van der Waals surface area contributed by atoms with Gasteiger partial charge in [0.15, 0.2) is 11.6 Å². The third kappa shape index (κ3) is 5.61. The van der Waals surface area contributed by atoms with Crippen LogP contribution in [0.3, 0.4) is 0 Å². The minimum atomic E-state index is -1.26. The Morgan fingerprint density at radius 1 is 1.31 bits per heavy atom. The molecule has 1 aliphatic rings. The first kappa shape index (κ1) is 22.5. The van der Waals surface area contributed by atoms with Crippen LogP contribution >= 0.6 is 0 Å². The van der Waals surface area contributed by atoms with Crippen LogP contribution in [0.25, 0.3) is 0 Å². The van der Waals surface area contributed by atoms with E-state index in [4.69, 9.17) is 4.74 Å². The van der Waals surface area contributed by atoms with Crippen LogP contribution in [0.4, 0.5) is 13.6 Å². The van der Waals surface area contributed by atoms with Crippen molar-refractivity contribution >= 4 is 12.0 Å². The van der Waals surface area contributed by atoms with Gasteiger partial charge in [0.1, 0.15) is 5.60 Å². The summed E-state index contributed by atoms with van der Waals surface area (Å²) in [7, 11) is 1.44. The molecule has 1 aromatic carbocycles. The molecule has 10 heteroatoms. The Bertz CT molecular complexity index is 797. The Labute approximate surface area is 167 Å². The Morgan fingerprint density at radius 3 is 2.48 bits per heavy atom. The van der Waals surface area contributed by atoms with Gasteiger partial charge in [0.05, 0.1) is 12.5 Å². The van der Waals surface area contributed by atoms with E-state index in [1.54, 1.807) is 20.8 Å². The lowest BCUT2D eigenvalue weighted by Gasteiger charge is -2.40. The third-order valence-electron chi connectivity index (χ3n) is 4.79. The van der Waals surface area contributed by atoms with Crippen molar-refractivity contribution in [1.29, 1.82) is 0 Å². The van der Waals surface area contributed by atoms with Crippen LogP contribution in [-0.4, -0.2) is 53.1 Å². The lowest BCUT2D eigenvalue weighted by atomic mass is 9.81. The summed E-state index contributed by atoms with van der Waals surface area (Å²) in [6, 6.07) is 1.18. The van der Waals surface area contributed by atoms with Crippen LogP contribution in [0.2, 0.25) is 0 Å². The monoisotopic (exact) mass is 413 g/mol. The van der Waals surface area contributed by atoms with Crippen molar-refractivity contribution < 1.29 is 28.0 Å². The molecule has 1 heterocycles. The van der Waals surface area contributed by atoms with E-state index in [0.717, 1.165) is 12.1 Å². The van der Waals surface area contributed by atoms with E-state index >= 15 is 0 Å². The van der Waals surface area contributed by atoms with Crippen LogP contribution in [0.15, 0.2) is 18.2 Å². The molecule has 0 bridgehead atoms. The quantitative estimate of drug-likeness (QED) is 0.604. The number of carbonyl (C=O) groups is 2. The Kier molecular flexibility index (Phi) is 6.76. The molecular weight excluding hydrogens is 388 g/mol. The van der Waals surface area contributed by atoms with E-state index in [9.17, 15) is 28.5 Å². The van der Waals surface area contributed by atoms with Gasteiger partial charge in [-0.05, 0) is 44.9 Å². The highest BCUT2D eigenvalue weighted by atomic mass is 19.2. The number of hydrogen-bond donors (Lipinski definition) is 1. The number of halogens is 2. The first-order valence-electron chi connectivity index (χ1n) is 9.21. The average Bonchev–Trinajstić information content (AvgIpc) is 2.61. The van der Waals surface area contributed by atoms with Crippen molar-refractivity contribution in [3.05, 3.63) is 45.5 Å². The molecule has 0 spiro atoms. The molecule has 1 fully saturated rings. The minimum Gasteiger partial charge on any atom is -0.444 e. The lowest BCUT2D eigenvalue weighted by Crippen LogP contribution is -2.55. The average molecular weight is 413 g/mol. The molecule has 1 N–H and O–H groups in total. The molecule has 160 valence electrons. The second-order valence-corrected chi connectivity index (χ2v) is 8.03. The normalized spacial score (nSPS) is 22.1. The number of carbonyl (C=O) groups excluding carboxylic acids is 2. The molecule has 2 amide bonds. The van der Waals surface area contributed by atoms with Gasteiger partial charge in [-0.25, -0.2) is 13.6 Å². The zero-order valence-corrected chi connectivity index (χ0v) is 16.8. The van der Waals surface area contributed by atoms with Gasteiger partial charge in [-0.2, -0.15) is 0 Å². The van der Waals surface area contributed by atoms with Crippen molar-refractivity contribution in [2.24, 2.45) is 0 Å². The van der Waals surface area contributed by atoms with E-state index in [2.05, 4.69) is 5.32 Å². The molecule has 0 aromatic heterocycles. The molecule has 29 heavy (non-hydrogen) atoms. The van der Waals surface area contributed by atoms with E-state index in [1.165, 1.54) is 18.0 Å². The van der Waals surface area contributed by atoms with Gasteiger partial charge in [0, 0.05) is 24.4 Å². The molecule has 8 nitrogen and oxygen atoms in total. The molecule has 0 radical (unpaired) electrons. The Balaban J connectivity index is 2.40. The molecule has 1 saturated heterocycles. The summed E-state index contributed by atoms with van der Waals surface area (Å²) >= 11 is 0. The zero-order chi connectivity index (χ0) is 21.9. The smallest absolute Gasteiger partial charge is 0.410 e. The summed E-state index contributed by atoms with van der Waals surface area (Å²) in [6.07, 6.45) is -0.828. The van der Waals surface area contributed by atoms with Gasteiger partial charge >= 0.3 is 6.09 Å². The minimum absolute atomic E-state index is 0.0311. The maximum Gasteiger partial charge on any atom is 0.410 e. The van der Waals surface area contributed by atoms with Crippen molar-refractivity contribution in [2.45, 2.75) is 57.2 Å². The number of piperidine rings is 1. The second kappa shape index (κ2) is 8.71. The van der Waals surface area contributed by atoms with Gasteiger partial charge in [-0.3, -0.25) is 19.8 Å². The van der Waals surface area contributed by atoms with Gasteiger partial charge in [0.2, 0.25) is 11.9 Å². The Hall–Kier alpha value is -2.78. The van der Waals surface area contributed by atoms with Crippen LogP contribution in [-0.2, 0) is 9.53 Å². The lowest BCUT2D eigenvalue weighted by molar-refractivity contribution is -0.530. The summed E-state index contributed by atoms with van der Waals surface area (Å²) in [4.78, 5) is 37.0. The number of rotatable bonds is 4. The van der Waals surface area contributed by atoms with Gasteiger partial charge in [-0.15, -0.1) is 0 Å². The highest BCUT2D eigenvalue weighted by Crippen LogP contribution is 2.36. The SMILES string of the molecule is CNC(=O)CC1CC(c2ccc(F)c(F)c2)C([N+](=O)[O-])CN1C(=O)OC(C)(C)C. The van der Waals surface area contributed by atoms with Gasteiger partial charge in [0.25, 0.3) is 0 Å². The van der Waals surface area contributed by atoms with E-state index in [1.807, 2.05) is 0 Å². The fraction of sp³-hybridized carbons (Fsp3) is 0.579. The predicted molar refractivity (Wildman–Crippen MR) is 99.9 cm³/mol. The van der Waals surface area contributed by atoms with Crippen LogP contribution in [0.1, 0.15) is 45.1 Å². The molecule has 3 unspecified atom stereocenters. The first-order chi connectivity index (χ1) is 13.4. The summed E-state index contributed by atoms with van der Waals surface area (Å²) in [6.45, 7) is 4.68. The van der Waals surface area contributed by atoms with Crippen LogP contribution in [0.5, 0.6) is 0 Å². The van der Waals surface area contributed by atoms with E-state index in [-0.39, 0.29) is 30.9 Å². The molecule has 1 aliphatic heterocycles. The summed E-state index contributed by atoms with van der Waals surface area (Å²) in [5.74, 6) is -3.32. The van der Waals surface area contributed by atoms with Crippen molar-refractivity contribution in [3.63, 3.8) is 0 Å². The fourth-order valence-electron chi connectivity index (χ4n) is 3.42. The number of ether oxygens (including phenoxy) is 1. The number of nitrogens with zero attached hydrogens (tertiary/aromatic N) is 2. The predicted octanol–water partition coefficient (Wildman–Crippen LogP) is 2.84. The fourth-order valence-corrected chi connectivity index (χ4v) is 3.42. The number of hydrogen-bond acceptors (Lipinski definition) is 5. The number of amides is 2. The molecule has 0 saturated carbocycles. The number of likely N-dealkylation sites (tertiary alicyclic amines) is 1. The summed E-state index contributed by atoms with van der Waals surface area (Å²) in [5, 5.41) is 14.2. The maximum atomic E-state index is 13.7. The number of benzene rings is 1. The molecular formula is C19H25F2N3O5. The molecule has 0 aliphatic carbocycles. The van der Waals surface area contributed by atoms with Crippen molar-refractivity contribution in [2.75, 3.05) is 13.6 Å².